The van der Waals surface area contributed by atoms with E-state index in [0.29, 0.717) is 6.42 Å². The monoisotopic (exact) mass is 403 g/mol. The molecule has 0 spiro atoms. The van der Waals surface area contributed by atoms with Crippen LogP contribution in [0.4, 0.5) is 0 Å². The Balaban J connectivity index is 1.24. The Labute approximate surface area is 178 Å². The van der Waals surface area contributed by atoms with Gasteiger partial charge in [-0.3, -0.25) is 4.79 Å². The number of piperidine rings is 1. The summed E-state index contributed by atoms with van der Waals surface area (Å²) in [5.41, 5.74) is 0.816. The van der Waals surface area contributed by atoms with E-state index in [9.17, 15) is 4.79 Å². The van der Waals surface area contributed by atoms with Gasteiger partial charge in [-0.05, 0) is 49.4 Å². The first kappa shape index (κ1) is 20.4. The summed E-state index contributed by atoms with van der Waals surface area (Å²) in [6, 6.07) is 21.9. The van der Waals surface area contributed by atoms with Crippen LogP contribution in [-0.4, -0.2) is 43.5 Å². The highest BCUT2D eigenvalue weighted by Gasteiger charge is 2.20. The number of ketones is 1. The lowest BCUT2D eigenvalue weighted by molar-refractivity contribution is 0.0920. The predicted molar refractivity (Wildman–Crippen MR) is 121 cm³/mol. The number of carbonyl (C=O) groups excluding carboxylic acids is 1. The normalized spacial score (nSPS) is 15.2. The molecule has 0 saturated carbocycles. The molecule has 3 aromatic carbocycles. The average molecular weight is 404 g/mol. The fraction of sp³-hybridized carbons (Fsp3) is 0.346. The molecule has 3 aromatic rings. The van der Waals surface area contributed by atoms with Gasteiger partial charge in [-0.2, -0.15) is 0 Å². The summed E-state index contributed by atoms with van der Waals surface area (Å²) in [6.45, 7) is 3.00. The van der Waals surface area contributed by atoms with Gasteiger partial charge < -0.3 is 14.4 Å². The maximum Gasteiger partial charge on any atom is 0.162 e. The zero-order chi connectivity index (χ0) is 20.8. The second kappa shape index (κ2) is 9.77. The minimum Gasteiger partial charge on any atom is -0.496 e. The van der Waals surface area contributed by atoms with Crippen molar-refractivity contribution in [3.8, 4) is 11.5 Å². The van der Waals surface area contributed by atoms with E-state index < -0.39 is 0 Å². The molecule has 156 valence electrons. The van der Waals surface area contributed by atoms with Gasteiger partial charge in [-0.25, -0.2) is 0 Å². The third-order valence-corrected chi connectivity index (χ3v) is 5.84. The number of fused-ring (bicyclic) bond motifs is 1. The van der Waals surface area contributed by atoms with Crippen molar-refractivity contribution in [3.63, 3.8) is 0 Å². The molecule has 4 heteroatoms. The number of benzene rings is 3. The molecule has 0 bridgehead atoms. The topological polar surface area (TPSA) is 38.8 Å². The zero-order valence-electron chi connectivity index (χ0n) is 17.5. The molecular formula is C26H29NO3. The standard InChI is InChI=1S/C26H29NO3/c1-29-26-11-5-9-20-12-13-23(19-24(20)26)30-22-14-17-27(18-15-22)16-6-10-25(28)21-7-3-2-4-8-21/h2-5,7-9,11-13,19,22H,6,10,14-18H2,1H3. The molecule has 1 fully saturated rings. The fourth-order valence-corrected chi connectivity index (χ4v) is 4.15. The molecule has 0 aromatic heterocycles. The molecule has 1 aliphatic rings. The number of Topliss-reactive ketones (excluding diaryl/α,β-unsaturated/α-hetero) is 1. The maximum absolute atomic E-state index is 12.2. The molecule has 0 radical (unpaired) electrons. The zero-order valence-corrected chi connectivity index (χ0v) is 17.5. The van der Waals surface area contributed by atoms with Crippen molar-refractivity contribution in [2.45, 2.75) is 31.8 Å². The number of ether oxygens (including phenoxy) is 2. The summed E-state index contributed by atoms with van der Waals surface area (Å²) < 4.78 is 11.8. The largest absolute Gasteiger partial charge is 0.496 e. The number of rotatable bonds is 8. The molecule has 1 saturated heterocycles. The maximum atomic E-state index is 12.2. The van der Waals surface area contributed by atoms with Gasteiger partial charge in [0, 0.05) is 30.5 Å². The summed E-state index contributed by atoms with van der Waals surface area (Å²) in [6.07, 6.45) is 3.77. The summed E-state index contributed by atoms with van der Waals surface area (Å²) in [7, 11) is 1.70. The van der Waals surface area contributed by atoms with Crippen molar-refractivity contribution in [1.29, 1.82) is 0 Å². The first-order valence-electron chi connectivity index (χ1n) is 10.8. The van der Waals surface area contributed by atoms with Crippen LogP contribution in [0, 0.1) is 0 Å². The third kappa shape index (κ3) is 5.00. The second-order valence-corrected chi connectivity index (χ2v) is 7.89. The number of hydrogen-bond donors (Lipinski definition) is 0. The number of nitrogens with zero attached hydrogens (tertiary/aromatic N) is 1. The van der Waals surface area contributed by atoms with Crippen LogP contribution < -0.4 is 9.47 Å². The van der Waals surface area contributed by atoms with Crippen LogP contribution in [0.25, 0.3) is 10.8 Å². The highest BCUT2D eigenvalue weighted by Crippen LogP contribution is 2.30. The molecule has 1 aliphatic heterocycles. The molecule has 0 amide bonds. The highest BCUT2D eigenvalue weighted by molar-refractivity contribution is 5.95. The SMILES string of the molecule is COc1cccc2ccc(OC3CCN(CCCC(=O)c4ccccc4)CC3)cc12. The van der Waals surface area contributed by atoms with Gasteiger partial charge in [-0.1, -0.05) is 48.5 Å². The molecule has 0 unspecified atom stereocenters. The Kier molecular flexibility index (Phi) is 6.65. The van der Waals surface area contributed by atoms with Gasteiger partial charge in [0.05, 0.1) is 7.11 Å². The third-order valence-electron chi connectivity index (χ3n) is 5.84. The van der Waals surface area contributed by atoms with Crippen molar-refractivity contribution in [2.75, 3.05) is 26.7 Å². The molecule has 0 N–H and O–H groups in total. The van der Waals surface area contributed by atoms with E-state index in [2.05, 4.69) is 23.1 Å². The first-order chi connectivity index (χ1) is 14.7. The average Bonchev–Trinajstić information content (AvgIpc) is 2.80. The lowest BCUT2D eigenvalue weighted by Crippen LogP contribution is -2.38. The van der Waals surface area contributed by atoms with Crippen LogP contribution in [-0.2, 0) is 0 Å². The van der Waals surface area contributed by atoms with Gasteiger partial charge >= 0.3 is 0 Å². The molecule has 1 heterocycles. The molecule has 4 rings (SSSR count). The molecular weight excluding hydrogens is 374 g/mol. The number of methoxy groups -OCH3 is 1. The summed E-state index contributed by atoms with van der Waals surface area (Å²) in [5, 5.41) is 2.24. The van der Waals surface area contributed by atoms with Gasteiger partial charge in [0.15, 0.2) is 5.78 Å². The van der Waals surface area contributed by atoms with Crippen molar-refractivity contribution in [2.24, 2.45) is 0 Å². The fourth-order valence-electron chi connectivity index (χ4n) is 4.15. The van der Waals surface area contributed by atoms with Gasteiger partial charge in [0.2, 0.25) is 0 Å². The summed E-state index contributed by atoms with van der Waals surface area (Å²) in [4.78, 5) is 14.7. The quantitative estimate of drug-likeness (QED) is 0.475. The Morgan fingerprint density at radius 3 is 2.57 bits per heavy atom. The van der Waals surface area contributed by atoms with Crippen molar-refractivity contribution in [1.82, 2.24) is 4.90 Å². The lowest BCUT2D eigenvalue weighted by Gasteiger charge is -2.32. The van der Waals surface area contributed by atoms with E-state index in [1.807, 2.05) is 48.5 Å². The van der Waals surface area contributed by atoms with Crippen molar-refractivity contribution < 1.29 is 14.3 Å². The highest BCUT2D eigenvalue weighted by atomic mass is 16.5. The van der Waals surface area contributed by atoms with E-state index in [0.717, 1.165) is 66.7 Å². The van der Waals surface area contributed by atoms with Crippen molar-refractivity contribution in [3.05, 3.63) is 72.3 Å². The Bertz CT molecular complexity index is 978. The second-order valence-electron chi connectivity index (χ2n) is 7.89. The van der Waals surface area contributed by atoms with E-state index in [4.69, 9.17) is 9.47 Å². The van der Waals surface area contributed by atoms with Gasteiger partial charge in [0.1, 0.15) is 17.6 Å². The molecule has 0 atom stereocenters. The Morgan fingerprint density at radius 1 is 1.00 bits per heavy atom. The van der Waals surface area contributed by atoms with Gasteiger partial charge in [-0.15, -0.1) is 0 Å². The van der Waals surface area contributed by atoms with E-state index in [1.54, 1.807) is 7.11 Å². The first-order valence-corrected chi connectivity index (χ1v) is 10.8. The molecule has 0 aliphatic carbocycles. The van der Waals surface area contributed by atoms with Gasteiger partial charge in [0.25, 0.3) is 0 Å². The van der Waals surface area contributed by atoms with E-state index in [1.165, 1.54) is 0 Å². The Hall–Kier alpha value is -2.85. The lowest BCUT2D eigenvalue weighted by atomic mass is 10.0. The van der Waals surface area contributed by atoms with Crippen molar-refractivity contribution >= 4 is 16.6 Å². The van der Waals surface area contributed by atoms with Crippen LogP contribution >= 0.6 is 0 Å². The molecule has 4 nitrogen and oxygen atoms in total. The van der Waals surface area contributed by atoms with Crippen LogP contribution in [0.1, 0.15) is 36.0 Å². The van der Waals surface area contributed by atoms with Crippen LogP contribution in [0.15, 0.2) is 66.7 Å². The minimum absolute atomic E-state index is 0.236. The van der Waals surface area contributed by atoms with Crippen LogP contribution in [0.2, 0.25) is 0 Å². The number of likely N-dealkylation sites (tertiary alicyclic amines) is 1. The van der Waals surface area contributed by atoms with Crippen LogP contribution in [0.3, 0.4) is 0 Å². The molecule has 30 heavy (non-hydrogen) atoms. The Morgan fingerprint density at radius 2 is 1.80 bits per heavy atom. The predicted octanol–water partition coefficient (Wildman–Crippen LogP) is 5.35. The summed E-state index contributed by atoms with van der Waals surface area (Å²) in [5.74, 6) is 2.01. The minimum atomic E-state index is 0.236. The van der Waals surface area contributed by atoms with E-state index >= 15 is 0 Å². The summed E-state index contributed by atoms with van der Waals surface area (Å²) >= 11 is 0. The van der Waals surface area contributed by atoms with Crippen LogP contribution in [0.5, 0.6) is 11.5 Å². The van der Waals surface area contributed by atoms with E-state index in [-0.39, 0.29) is 11.9 Å². The smallest absolute Gasteiger partial charge is 0.162 e. The number of carbonyl (C=O) groups is 1. The number of hydrogen-bond acceptors (Lipinski definition) is 4.